The van der Waals surface area contributed by atoms with E-state index in [1.54, 1.807) is 44.6 Å². The number of carbonyl (C=O) groups excluding carboxylic acids is 1. The highest BCUT2D eigenvalue weighted by Crippen LogP contribution is 2.27. The van der Waals surface area contributed by atoms with Crippen LogP contribution in [0.15, 0.2) is 42.5 Å². The molecular weight excluding hydrogens is 304 g/mol. The van der Waals surface area contributed by atoms with Crippen molar-refractivity contribution in [3.63, 3.8) is 0 Å². The normalized spacial score (nSPS) is 9.95. The number of hydrogen-bond acceptors (Lipinski definition) is 3. The fourth-order valence-electron chi connectivity index (χ4n) is 1.90. The molecule has 2 rings (SSSR count). The molecule has 0 bridgehead atoms. The van der Waals surface area contributed by atoms with Gasteiger partial charge in [0.1, 0.15) is 0 Å². The molecule has 2 aromatic carbocycles. The maximum atomic E-state index is 11.9. The Labute approximate surface area is 134 Å². The monoisotopic (exact) mass is 320 g/mol. The number of hydrogen-bond donors (Lipinski definition) is 2. The molecule has 6 heteroatoms. The molecule has 2 aromatic rings. The third-order valence-corrected chi connectivity index (χ3v) is 3.35. The highest BCUT2D eigenvalue weighted by Gasteiger charge is 2.07. The van der Waals surface area contributed by atoms with Gasteiger partial charge in [0.05, 0.1) is 24.9 Å². The fourth-order valence-corrected chi connectivity index (χ4v) is 2.09. The number of carbonyl (C=O) groups is 1. The Kier molecular flexibility index (Phi) is 5.49. The summed E-state index contributed by atoms with van der Waals surface area (Å²) in [5, 5.41) is 5.94. The fraction of sp³-hybridized carbons (Fsp3) is 0.188. The van der Waals surface area contributed by atoms with Gasteiger partial charge in [-0.1, -0.05) is 29.8 Å². The van der Waals surface area contributed by atoms with Crippen molar-refractivity contribution in [2.45, 2.75) is 6.54 Å². The number of ether oxygens (including phenoxy) is 2. The molecule has 0 saturated heterocycles. The molecule has 0 aromatic heterocycles. The molecule has 22 heavy (non-hydrogen) atoms. The second-order valence-corrected chi connectivity index (χ2v) is 4.88. The van der Waals surface area contributed by atoms with E-state index in [1.165, 1.54) is 0 Å². The number of anilines is 1. The molecule has 0 aliphatic heterocycles. The summed E-state index contributed by atoms with van der Waals surface area (Å²) in [5.41, 5.74) is 1.46. The number of methoxy groups -OCH3 is 2. The Morgan fingerprint density at radius 1 is 1.09 bits per heavy atom. The number of nitrogens with one attached hydrogen (secondary N) is 2. The summed E-state index contributed by atoms with van der Waals surface area (Å²) >= 11 is 5.99. The van der Waals surface area contributed by atoms with Crippen LogP contribution in [0.3, 0.4) is 0 Å². The highest BCUT2D eigenvalue weighted by molar-refractivity contribution is 6.33. The maximum absolute atomic E-state index is 11.9. The summed E-state index contributed by atoms with van der Waals surface area (Å²) in [4.78, 5) is 11.9. The first-order chi connectivity index (χ1) is 10.6. The SMILES string of the molecule is COc1ccc(CNC(=O)Nc2ccccc2Cl)cc1OC. The number of benzene rings is 2. The van der Waals surface area contributed by atoms with Gasteiger partial charge in [-0.25, -0.2) is 4.79 Å². The van der Waals surface area contributed by atoms with Crippen LogP contribution >= 0.6 is 11.6 Å². The van der Waals surface area contributed by atoms with Crippen LogP contribution < -0.4 is 20.1 Å². The summed E-state index contributed by atoms with van der Waals surface area (Å²) in [6, 6.07) is 12.2. The second kappa shape index (κ2) is 7.56. The Morgan fingerprint density at radius 3 is 2.50 bits per heavy atom. The van der Waals surface area contributed by atoms with Crippen LogP contribution in [0, 0.1) is 0 Å². The summed E-state index contributed by atoms with van der Waals surface area (Å²) < 4.78 is 10.4. The lowest BCUT2D eigenvalue weighted by Crippen LogP contribution is -2.28. The molecule has 0 unspecified atom stereocenters. The predicted octanol–water partition coefficient (Wildman–Crippen LogP) is 3.68. The van der Waals surface area contributed by atoms with Gasteiger partial charge < -0.3 is 20.1 Å². The van der Waals surface area contributed by atoms with E-state index >= 15 is 0 Å². The van der Waals surface area contributed by atoms with Crippen molar-refractivity contribution in [3.05, 3.63) is 53.1 Å². The van der Waals surface area contributed by atoms with E-state index in [0.29, 0.717) is 28.8 Å². The predicted molar refractivity (Wildman–Crippen MR) is 86.9 cm³/mol. The van der Waals surface area contributed by atoms with Crippen LogP contribution in [-0.2, 0) is 6.54 Å². The minimum Gasteiger partial charge on any atom is -0.493 e. The molecule has 5 nitrogen and oxygen atoms in total. The molecule has 2 amide bonds. The molecule has 0 saturated carbocycles. The average Bonchev–Trinajstić information content (AvgIpc) is 2.54. The Morgan fingerprint density at radius 2 is 1.82 bits per heavy atom. The zero-order chi connectivity index (χ0) is 15.9. The summed E-state index contributed by atoms with van der Waals surface area (Å²) in [6.07, 6.45) is 0. The molecule has 2 N–H and O–H groups in total. The molecule has 0 aliphatic carbocycles. The van der Waals surface area contributed by atoms with Crippen LogP contribution in [0.25, 0.3) is 0 Å². The van der Waals surface area contributed by atoms with Crippen molar-refractivity contribution in [1.29, 1.82) is 0 Å². The van der Waals surface area contributed by atoms with Gasteiger partial charge in [-0.3, -0.25) is 0 Å². The van der Waals surface area contributed by atoms with Gasteiger partial charge in [-0.05, 0) is 29.8 Å². The van der Waals surface area contributed by atoms with Crippen molar-refractivity contribution in [1.82, 2.24) is 5.32 Å². The zero-order valence-corrected chi connectivity index (χ0v) is 13.1. The third kappa shape index (κ3) is 4.05. The maximum Gasteiger partial charge on any atom is 0.319 e. The van der Waals surface area contributed by atoms with E-state index in [0.717, 1.165) is 5.56 Å². The molecule has 0 radical (unpaired) electrons. The van der Waals surface area contributed by atoms with Crippen molar-refractivity contribution in [2.75, 3.05) is 19.5 Å². The lowest BCUT2D eigenvalue weighted by atomic mass is 10.2. The summed E-state index contributed by atoms with van der Waals surface area (Å²) in [6.45, 7) is 0.358. The van der Waals surface area contributed by atoms with Crippen LogP contribution in [0.5, 0.6) is 11.5 Å². The molecular formula is C16H17ClN2O3. The Balaban J connectivity index is 1.95. The first-order valence-electron chi connectivity index (χ1n) is 6.64. The van der Waals surface area contributed by atoms with Gasteiger partial charge in [0.2, 0.25) is 0 Å². The van der Waals surface area contributed by atoms with E-state index in [4.69, 9.17) is 21.1 Å². The quantitative estimate of drug-likeness (QED) is 0.883. The molecule has 0 spiro atoms. The first kappa shape index (κ1) is 16.0. The van der Waals surface area contributed by atoms with Crippen LogP contribution in [0.2, 0.25) is 5.02 Å². The lowest BCUT2D eigenvalue weighted by molar-refractivity contribution is 0.251. The van der Waals surface area contributed by atoms with E-state index < -0.39 is 0 Å². The summed E-state index contributed by atoms with van der Waals surface area (Å²) in [7, 11) is 3.14. The molecule has 0 heterocycles. The third-order valence-electron chi connectivity index (χ3n) is 3.02. The molecule has 0 aliphatic rings. The zero-order valence-electron chi connectivity index (χ0n) is 12.4. The molecule has 0 atom stereocenters. The number of urea groups is 1. The minimum absolute atomic E-state index is 0.331. The average molecular weight is 321 g/mol. The number of halogens is 1. The minimum atomic E-state index is -0.331. The first-order valence-corrected chi connectivity index (χ1v) is 7.02. The standard InChI is InChI=1S/C16H17ClN2O3/c1-21-14-8-7-11(9-15(14)22-2)10-18-16(20)19-13-6-4-3-5-12(13)17/h3-9H,10H2,1-2H3,(H2,18,19,20). The number of para-hydroxylation sites is 1. The smallest absolute Gasteiger partial charge is 0.319 e. The van der Waals surface area contributed by atoms with Gasteiger partial charge in [0, 0.05) is 6.54 Å². The number of amides is 2. The Bertz CT molecular complexity index is 662. The largest absolute Gasteiger partial charge is 0.493 e. The van der Waals surface area contributed by atoms with Gasteiger partial charge >= 0.3 is 6.03 Å². The van der Waals surface area contributed by atoms with E-state index in [-0.39, 0.29) is 6.03 Å². The van der Waals surface area contributed by atoms with E-state index in [1.807, 2.05) is 12.1 Å². The summed E-state index contributed by atoms with van der Waals surface area (Å²) in [5.74, 6) is 1.26. The van der Waals surface area contributed by atoms with Gasteiger partial charge in [0.15, 0.2) is 11.5 Å². The second-order valence-electron chi connectivity index (χ2n) is 4.48. The lowest BCUT2D eigenvalue weighted by Gasteiger charge is -2.11. The topological polar surface area (TPSA) is 59.6 Å². The van der Waals surface area contributed by atoms with Crippen molar-refractivity contribution in [2.24, 2.45) is 0 Å². The van der Waals surface area contributed by atoms with Crippen molar-refractivity contribution < 1.29 is 14.3 Å². The van der Waals surface area contributed by atoms with Crippen LogP contribution in [0.4, 0.5) is 10.5 Å². The van der Waals surface area contributed by atoms with Gasteiger partial charge in [-0.15, -0.1) is 0 Å². The van der Waals surface area contributed by atoms with Crippen LogP contribution in [0.1, 0.15) is 5.56 Å². The molecule has 116 valence electrons. The Hall–Kier alpha value is -2.40. The van der Waals surface area contributed by atoms with Gasteiger partial charge in [-0.2, -0.15) is 0 Å². The van der Waals surface area contributed by atoms with E-state index in [2.05, 4.69) is 10.6 Å². The molecule has 0 fully saturated rings. The van der Waals surface area contributed by atoms with Gasteiger partial charge in [0.25, 0.3) is 0 Å². The van der Waals surface area contributed by atoms with E-state index in [9.17, 15) is 4.79 Å². The van der Waals surface area contributed by atoms with Crippen molar-refractivity contribution in [3.8, 4) is 11.5 Å². The highest BCUT2D eigenvalue weighted by atomic mass is 35.5. The van der Waals surface area contributed by atoms with Crippen LogP contribution in [-0.4, -0.2) is 20.3 Å². The number of rotatable bonds is 5. The van der Waals surface area contributed by atoms with Crippen molar-refractivity contribution >= 4 is 23.3 Å².